The lowest BCUT2D eigenvalue weighted by atomic mass is 10.2. The molecule has 64 valence electrons. The average Bonchev–Trinajstić information content (AvgIpc) is 1.82. The van der Waals surface area contributed by atoms with Crippen molar-refractivity contribution < 1.29 is 14.7 Å². The van der Waals surface area contributed by atoms with E-state index in [0.717, 1.165) is 13.3 Å². The van der Waals surface area contributed by atoms with E-state index in [1.807, 2.05) is 0 Å². The van der Waals surface area contributed by atoms with Crippen LogP contribution in [0.25, 0.3) is 0 Å². The fourth-order valence-electron chi connectivity index (χ4n) is 0.305. The summed E-state index contributed by atoms with van der Waals surface area (Å²) in [6.45, 7) is 6.15. The molecule has 0 aromatic heterocycles. The first-order valence-corrected chi connectivity index (χ1v) is 3.30. The maximum Gasteiger partial charge on any atom is 0.300 e. The van der Waals surface area contributed by atoms with Crippen molar-refractivity contribution in [3.63, 3.8) is 0 Å². The van der Waals surface area contributed by atoms with E-state index in [1.165, 1.54) is 0 Å². The predicted molar refractivity (Wildman–Crippen MR) is 43.4 cm³/mol. The number of carboxylic acids is 1. The standard InChI is InChI=1S/C6H10O.C2H4O2/c1-3-4-5-6(2)7;1-2(3)4/h3H,1,4-5H2,2H3;1H3,(H,3,4). The molecule has 0 heterocycles. The maximum absolute atomic E-state index is 10.2. The summed E-state index contributed by atoms with van der Waals surface area (Å²) in [5, 5.41) is 7.42. The van der Waals surface area contributed by atoms with Crippen LogP contribution in [-0.4, -0.2) is 16.9 Å². The number of allylic oxidation sites excluding steroid dienone is 1. The van der Waals surface area contributed by atoms with Crippen molar-refractivity contribution >= 4 is 11.8 Å². The first-order valence-electron chi connectivity index (χ1n) is 3.30. The van der Waals surface area contributed by atoms with Gasteiger partial charge in [0.2, 0.25) is 0 Å². The van der Waals surface area contributed by atoms with Gasteiger partial charge in [-0.1, -0.05) is 6.08 Å². The molecule has 0 atom stereocenters. The summed E-state index contributed by atoms with van der Waals surface area (Å²) in [5.41, 5.74) is 0. The summed E-state index contributed by atoms with van der Waals surface area (Å²) in [6, 6.07) is 0. The van der Waals surface area contributed by atoms with Gasteiger partial charge in [-0.25, -0.2) is 0 Å². The number of carbonyl (C=O) groups excluding carboxylic acids is 1. The van der Waals surface area contributed by atoms with E-state index in [2.05, 4.69) is 6.58 Å². The Bertz CT molecular complexity index is 134. The van der Waals surface area contributed by atoms with E-state index in [-0.39, 0.29) is 5.78 Å². The van der Waals surface area contributed by atoms with E-state index in [0.29, 0.717) is 6.42 Å². The Balaban J connectivity index is 0. The number of Topliss-reactive ketones (excluding diaryl/α,β-unsaturated/α-hetero) is 1. The third kappa shape index (κ3) is 50.7. The van der Waals surface area contributed by atoms with Crippen LogP contribution in [0, 0.1) is 0 Å². The zero-order chi connectivity index (χ0) is 9.28. The molecule has 0 aliphatic heterocycles. The van der Waals surface area contributed by atoms with Crippen molar-refractivity contribution in [2.24, 2.45) is 0 Å². The molecule has 0 aromatic rings. The molecule has 0 fully saturated rings. The van der Waals surface area contributed by atoms with E-state index in [9.17, 15) is 4.79 Å². The predicted octanol–water partition coefficient (Wildman–Crippen LogP) is 1.63. The number of rotatable bonds is 3. The molecule has 3 nitrogen and oxygen atoms in total. The van der Waals surface area contributed by atoms with Gasteiger partial charge in [0.05, 0.1) is 0 Å². The van der Waals surface area contributed by atoms with Gasteiger partial charge in [0, 0.05) is 13.3 Å². The quantitative estimate of drug-likeness (QED) is 0.635. The lowest BCUT2D eigenvalue weighted by molar-refractivity contribution is -0.134. The molecule has 0 saturated heterocycles. The zero-order valence-electron chi connectivity index (χ0n) is 6.96. The van der Waals surface area contributed by atoms with Crippen molar-refractivity contribution in [3.05, 3.63) is 12.7 Å². The Hall–Kier alpha value is -1.12. The lowest BCUT2D eigenvalue weighted by Gasteiger charge is -1.82. The highest BCUT2D eigenvalue weighted by Crippen LogP contribution is 1.88. The molecule has 3 heteroatoms. The van der Waals surface area contributed by atoms with Crippen molar-refractivity contribution in [2.45, 2.75) is 26.7 Å². The molecule has 0 bridgehead atoms. The minimum absolute atomic E-state index is 0.236. The molecule has 0 aliphatic rings. The van der Waals surface area contributed by atoms with Crippen LogP contribution in [0.15, 0.2) is 12.7 Å². The molecule has 1 N–H and O–H groups in total. The van der Waals surface area contributed by atoms with Crippen molar-refractivity contribution in [2.75, 3.05) is 0 Å². The van der Waals surface area contributed by atoms with Gasteiger partial charge < -0.3 is 9.90 Å². The first kappa shape index (κ1) is 12.5. The highest BCUT2D eigenvalue weighted by atomic mass is 16.4. The number of hydrogen-bond acceptors (Lipinski definition) is 2. The molecule has 0 radical (unpaired) electrons. The summed E-state index contributed by atoms with van der Waals surface area (Å²) in [4.78, 5) is 19.2. The Morgan fingerprint density at radius 1 is 1.45 bits per heavy atom. The molecule has 0 rings (SSSR count). The Kier molecular flexibility index (Phi) is 10.1. The number of aliphatic carboxylic acids is 1. The van der Waals surface area contributed by atoms with Crippen LogP contribution in [-0.2, 0) is 9.59 Å². The fourth-order valence-corrected chi connectivity index (χ4v) is 0.305. The largest absolute Gasteiger partial charge is 0.481 e. The van der Waals surface area contributed by atoms with Crippen LogP contribution in [0.5, 0.6) is 0 Å². The van der Waals surface area contributed by atoms with E-state index in [4.69, 9.17) is 9.90 Å². The zero-order valence-corrected chi connectivity index (χ0v) is 6.96. The Labute approximate surface area is 66.7 Å². The highest BCUT2D eigenvalue weighted by molar-refractivity contribution is 5.75. The second-order valence-electron chi connectivity index (χ2n) is 2.05. The summed E-state index contributed by atoms with van der Waals surface area (Å²) < 4.78 is 0. The Morgan fingerprint density at radius 3 is 1.91 bits per heavy atom. The highest BCUT2D eigenvalue weighted by Gasteiger charge is 1.85. The summed E-state index contributed by atoms with van der Waals surface area (Å²) in [5.74, 6) is -0.597. The summed E-state index contributed by atoms with van der Waals surface area (Å²) in [6.07, 6.45) is 3.21. The van der Waals surface area contributed by atoms with E-state index < -0.39 is 5.97 Å². The second kappa shape index (κ2) is 8.88. The van der Waals surface area contributed by atoms with Crippen LogP contribution >= 0.6 is 0 Å². The smallest absolute Gasteiger partial charge is 0.300 e. The monoisotopic (exact) mass is 158 g/mol. The number of carbonyl (C=O) groups is 2. The third-order valence-electron chi connectivity index (χ3n) is 0.701. The molecular formula is C8H14O3. The minimum atomic E-state index is -0.833. The number of carboxylic acid groups (broad SMARTS) is 1. The first-order chi connectivity index (χ1) is 5.00. The average molecular weight is 158 g/mol. The molecule has 0 saturated carbocycles. The fraction of sp³-hybridized carbons (Fsp3) is 0.500. The molecule has 0 aliphatic carbocycles. The molecule has 0 spiro atoms. The van der Waals surface area contributed by atoms with Gasteiger partial charge in [-0.3, -0.25) is 4.79 Å². The van der Waals surface area contributed by atoms with Crippen LogP contribution in [0.1, 0.15) is 26.7 Å². The second-order valence-corrected chi connectivity index (χ2v) is 2.05. The van der Waals surface area contributed by atoms with E-state index >= 15 is 0 Å². The SMILES string of the molecule is C=CCCC(C)=O.CC(=O)O. The van der Waals surface area contributed by atoms with Crippen molar-refractivity contribution in [1.82, 2.24) is 0 Å². The summed E-state index contributed by atoms with van der Waals surface area (Å²) >= 11 is 0. The van der Waals surface area contributed by atoms with Crippen LogP contribution in [0.4, 0.5) is 0 Å². The maximum atomic E-state index is 10.2. The third-order valence-corrected chi connectivity index (χ3v) is 0.701. The number of hydrogen-bond donors (Lipinski definition) is 1. The van der Waals surface area contributed by atoms with Gasteiger partial charge in [0.15, 0.2) is 0 Å². The minimum Gasteiger partial charge on any atom is -0.481 e. The van der Waals surface area contributed by atoms with Gasteiger partial charge in [0.1, 0.15) is 5.78 Å². The molecule has 0 unspecified atom stereocenters. The molecule has 11 heavy (non-hydrogen) atoms. The Morgan fingerprint density at radius 2 is 1.82 bits per heavy atom. The van der Waals surface area contributed by atoms with Crippen LogP contribution < -0.4 is 0 Å². The van der Waals surface area contributed by atoms with Gasteiger partial charge in [0.25, 0.3) is 5.97 Å². The summed E-state index contributed by atoms with van der Waals surface area (Å²) in [7, 11) is 0. The van der Waals surface area contributed by atoms with Crippen molar-refractivity contribution in [1.29, 1.82) is 0 Å². The van der Waals surface area contributed by atoms with E-state index in [1.54, 1.807) is 13.0 Å². The van der Waals surface area contributed by atoms with Gasteiger partial charge >= 0.3 is 0 Å². The molecule has 0 amide bonds. The lowest BCUT2D eigenvalue weighted by Crippen LogP contribution is -1.85. The van der Waals surface area contributed by atoms with Crippen LogP contribution in [0.2, 0.25) is 0 Å². The van der Waals surface area contributed by atoms with Gasteiger partial charge in [-0.2, -0.15) is 0 Å². The van der Waals surface area contributed by atoms with Crippen molar-refractivity contribution in [3.8, 4) is 0 Å². The van der Waals surface area contributed by atoms with Gasteiger partial charge in [-0.15, -0.1) is 6.58 Å². The topological polar surface area (TPSA) is 54.4 Å². The molecular weight excluding hydrogens is 144 g/mol. The normalized spacial score (nSPS) is 7.45. The number of ketones is 1. The van der Waals surface area contributed by atoms with Gasteiger partial charge in [-0.05, 0) is 13.3 Å². The molecule has 0 aromatic carbocycles. The van der Waals surface area contributed by atoms with Crippen LogP contribution in [0.3, 0.4) is 0 Å².